The second kappa shape index (κ2) is 5.87. The molecule has 3 nitrogen and oxygen atoms in total. The summed E-state index contributed by atoms with van der Waals surface area (Å²) in [6.45, 7) is -0.217. The fraction of sp³-hybridized carbons (Fsp3) is 0.133. The van der Waals surface area contributed by atoms with Crippen LogP contribution in [0.25, 0.3) is 0 Å². The molecule has 0 aliphatic rings. The number of carbonyl (C=O) groups is 1. The molecule has 0 spiro atoms. The molecule has 0 fully saturated rings. The van der Waals surface area contributed by atoms with Crippen LogP contribution in [-0.2, 0) is 12.8 Å². The van der Waals surface area contributed by atoms with Crippen LogP contribution in [0, 0.1) is 0 Å². The number of nitrogens with two attached hydrogens (primary N) is 1. The Bertz CT molecular complexity index is 636. The zero-order valence-corrected chi connectivity index (χ0v) is 10.9. The number of halogens is 3. The van der Waals surface area contributed by atoms with E-state index in [2.05, 4.69) is 0 Å². The lowest BCUT2D eigenvalue weighted by atomic mass is 10.1. The summed E-state index contributed by atoms with van der Waals surface area (Å²) in [4.78, 5) is 10.9. The Morgan fingerprint density at radius 3 is 2.24 bits per heavy atom. The van der Waals surface area contributed by atoms with Gasteiger partial charge in [-0.1, -0.05) is 18.2 Å². The van der Waals surface area contributed by atoms with Crippen LogP contribution in [0.15, 0.2) is 48.5 Å². The van der Waals surface area contributed by atoms with Crippen molar-refractivity contribution in [1.82, 2.24) is 0 Å². The number of benzene rings is 2. The number of hydrogen-bond acceptors (Lipinski definition) is 2. The second-order valence-electron chi connectivity index (χ2n) is 4.33. The van der Waals surface area contributed by atoms with Gasteiger partial charge in [-0.3, -0.25) is 4.79 Å². The smallest absolute Gasteiger partial charge is 0.416 e. The molecule has 0 aromatic heterocycles. The van der Waals surface area contributed by atoms with Crippen LogP contribution in [0.5, 0.6) is 5.75 Å². The minimum Gasteiger partial charge on any atom is -0.489 e. The van der Waals surface area contributed by atoms with E-state index in [9.17, 15) is 18.0 Å². The highest BCUT2D eigenvalue weighted by Crippen LogP contribution is 2.32. The van der Waals surface area contributed by atoms with Gasteiger partial charge in [0, 0.05) is 11.1 Å². The quantitative estimate of drug-likeness (QED) is 0.940. The van der Waals surface area contributed by atoms with Crippen LogP contribution in [0.1, 0.15) is 21.5 Å². The molecule has 0 heterocycles. The highest BCUT2D eigenvalue weighted by molar-refractivity contribution is 5.92. The first-order valence-corrected chi connectivity index (χ1v) is 6.05. The topological polar surface area (TPSA) is 52.3 Å². The molecule has 0 saturated heterocycles. The largest absolute Gasteiger partial charge is 0.489 e. The summed E-state index contributed by atoms with van der Waals surface area (Å²) in [6, 6.07) is 11.1. The van der Waals surface area contributed by atoms with Gasteiger partial charge in [-0.15, -0.1) is 0 Å². The minimum atomic E-state index is -4.42. The lowest BCUT2D eigenvalue weighted by molar-refractivity contribution is -0.138. The first-order valence-electron chi connectivity index (χ1n) is 6.05. The Kier molecular flexibility index (Phi) is 4.16. The summed E-state index contributed by atoms with van der Waals surface area (Å²) in [5.74, 6) is -0.221. The second-order valence-corrected chi connectivity index (χ2v) is 4.33. The molecule has 0 atom stereocenters. The average molecular weight is 295 g/mol. The number of ether oxygens (including phenoxy) is 1. The lowest BCUT2D eigenvalue weighted by Gasteiger charge is -2.13. The highest BCUT2D eigenvalue weighted by atomic mass is 19.4. The van der Waals surface area contributed by atoms with Crippen molar-refractivity contribution in [3.63, 3.8) is 0 Å². The van der Waals surface area contributed by atoms with Crippen LogP contribution in [0.2, 0.25) is 0 Å². The number of hydrogen-bond donors (Lipinski definition) is 1. The molecule has 0 unspecified atom stereocenters. The van der Waals surface area contributed by atoms with Crippen LogP contribution < -0.4 is 10.5 Å². The maximum Gasteiger partial charge on any atom is 0.416 e. The van der Waals surface area contributed by atoms with Crippen molar-refractivity contribution in [2.24, 2.45) is 5.73 Å². The van der Waals surface area contributed by atoms with E-state index in [1.165, 1.54) is 42.5 Å². The standard InChI is InChI=1S/C15H12F3NO2/c16-15(17,18)13-4-2-1-3-11(13)9-21-12-7-5-10(6-8-12)14(19)20/h1-8H,9H2,(H2,19,20). The normalized spacial score (nSPS) is 11.2. The van der Waals surface area contributed by atoms with Crippen molar-refractivity contribution in [2.45, 2.75) is 12.8 Å². The third kappa shape index (κ3) is 3.75. The van der Waals surface area contributed by atoms with Crippen molar-refractivity contribution in [2.75, 3.05) is 0 Å². The molecule has 21 heavy (non-hydrogen) atoms. The molecular formula is C15H12F3NO2. The van der Waals surface area contributed by atoms with E-state index in [0.29, 0.717) is 11.3 Å². The van der Waals surface area contributed by atoms with Crippen molar-refractivity contribution in [3.05, 3.63) is 65.2 Å². The Morgan fingerprint density at radius 1 is 1.05 bits per heavy atom. The average Bonchev–Trinajstić information content (AvgIpc) is 2.45. The zero-order valence-electron chi connectivity index (χ0n) is 10.9. The third-order valence-corrected chi connectivity index (χ3v) is 2.86. The van der Waals surface area contributed by atoms with Gasteiger partial charge in [0.15, 0.2) is 0 Å². The van der Waals surface area contributed by atoms with Gasteiger partial charge in [-0.2, -0.15) is 13.2 Å². The molecule has 0 radical (unpaired) electrons. The van der Waals surface area contributed by atoms with E-state index in [0.717, 1.165) is 6.07 Å². The number of amides is 1. The van der Waals surface area contributed by atoms with Crippen LogP contribution in [0.4, 0.5) is 13.2 Å². The SMILES string of the molecule is NC(=O)c1ccc(OCc2ccccc2C(F)(F)F)cc1. The number of primary amides is 1. The van der Waals surface area contributed by atoms with Gasteiger partial charge in [0.2, 0.25) is 5.91 Å². The fourth-order valence-electron chi connectivity index (χ4n) is 1.80. The third-order valence-electron chi connectivity index (χ3n) is 2.86. The summed E-state index contributed by atoms with van der Waals surface area (Å²) in [5, 5.41) is 0. The van der Waals surface area contributed by atoms with Gasteiger partial charge in [0.1, 0.15) is 12.4 Å². The molecular weight excluding hydrogens is 283 g/mol. The lowest BCUT2D eigenvalue weighted by Crippen LogP contribution is -2.11. The molecule has 2 rings (SSSR count). The van der Waals surface area contributed by atoms with Gasteiger partial charge in [-0.25, -0.2) is 0 Å². The Balaban J connectivity index is 2.12. The molecule has 2 aromatic carbocycles. The van der Waals surface area contributed by atoms with E-state index in [1.54, 1.807) is 0 Å². The van der Waals surface area contributed by atoms with Gasteiger partial charge < -0.3 is 10.5 Å². The van der Waals surface area contributed by atoms with Crippen molar-refractivity contribution >= 4 is 5.91 Å². The number of alkyl halides is 3. The fourth-order valence-corrected chi connectivity index (χ4v) is 1.80. The predicted molar refractivity (Wildman–Crippen MR) is 70.7 cm³/mol. The van der Waals surface area contributed by atoms with Gasteiger partial charge in [-0.05, 0) is 30.3 Å². The van der Waals surface area contributed by atoms with Gasteiger partial charge >= 0.3 is 6.18 Å². The molecule has 0 aliphatic heterocycles. The molecule has 2 aromatic rings. The molecule has 1 amide bonds. The first kappa shape index (κ1) is 14.9. The minimum absolute atomic E-state index is 0.0453. The van der Waals surface area contributed by atoms with Crippen molar-refractivity contribution in [3.8, 4) is 5.75 Å². The molecule has 0 bridgehead atoms. The predicted octanol–water partition coefficient (Wildman–Crippen LogP) is 3.38. The summed E-state index contributed by atoms with van der Waals surface area (Å²) >= 11 is 0. The Morgan fingerprint density at radius 2 is 1.67 bits per heavy atom. The monoisotopic (exact) mass is 295 g/mol. The summed E-state index contributed by atoms with van der Waals surface area (Å²) in [6.07, 6.45) is -4.42. The molecule has 6 heteroatoms. The highest BCUT2D eigenvalue weighted by Gasteiger charge is 2.32. The van der Waals surface area contributed by atoms with Crippen molar-refractivity contribution in [1.29, 1.82) is 0 Å². The summed E-state index contributed by atoms with van der Waals surface area (Å²) in [5.41, 5.74) is 4.72. The van der Waals surface area contributed by atoms with E-state index < -0.39 is 17.6 Å². The summed E-state index contributed by atoms with van der Waals surface area (Å²) < 4.78 is 43.7. The number of rotatable bonds is 4. The Labute approximate surface area is 119 Å². The molecule has 0 aliphatic carbocycles. The first-order chi connectivity index (χ1) is 9.88. The zero-order chi connectivity index (χ0) is 15.5. The Hall–Kier alpha value is -2.50. The number of carbonyl (C=O) groups excluding carboxylic acids is 1. The van der Waals surface area contributed by atoms with E-state index in [-0.39, 0.29) is 12.2 Å². The van der Waals surface area contributed by atoms with E-state index in [4.69, 9.17) is 10.5 Å². The van der Waals surface area contributed by atoms with E-state index in [1.807, 2.05) is 0 Å². The van der Waals surface area contributed by atoms with Gasteiger partial charge in [0.05, 0.1) is 5.56 Å². The van der Waals surface area contributed by atoms with Gasteiger partial charge in [0.25, 0.3) is 0 Å². The van der Waals surface area contributed by atoms with Crippen molar-refractivity contribution < 1.29 is 22.7 Å². The van der Waals surface area contributed by atoms with Crippen LogP contribution in [0.3, 0.4) is 0 Å². The molecule has 110 valence electrons. The summed E-state index contributed by atoms with van der Waals surface area (Å²) in [7, 11) is 0. The maximum absolute atomic E-state index is 12.8. The maximum atomic E-state index is 12.8. The van der Waals surface area contributed by atoms with Crippen LogP contribution >= 0.6 is 0 Å². The molecule has 0 saturated carbocycles. The molecule has 2 N–H and O–H groups in total. The van der Waals surface area contributed by atoms with E-state index >= 15 is 0 Å². The van der Waals surface area contributed by atoms with Crippen LogP contribution in [-0.4, -0.2) is 5.91 Å².